The molecule has 1 unspecified atom stereocenters. The summed E-state index contributed by atoms with van der Waals surface area (Å²) in [6.45, 7) is 2.55. The molecule has 5 aromatic rings. The van der Waals surface area contributed by atoms with E-state index < -0.39 is 17.9 Å². The highest BCUT2D eigenvalue weighted by Gasteiger charge is 2.40. The number of thioether (sulfide) groups is 1. The number of aliphatic carboxylic acids is 1. The van der Waals surface area contributed by atoms with E-state index in [-0.39, 0.29) is 10.7 Å². The number of nitrogens with one attached hydrogen (secondary N) is 1. The number of ether oxygens (including phenoxy) is 1. The monoisotopic (exact) mass is 578 g/mol. The molecule has 1 fully saturated rings. The molecule has 204 valence electrons. The molecular formula is C33H26N2O4S2. The summed E-state index contributed by atoms with van der Waals surface area (Å²) in [5.74, 6) is -0.715. The molecule has 2 heterocycles. The third-order valence-corrected chi connectivity index (χ3v) is 8.50. The lowest BCUT2D eigenvalue weighted by molar-refractivity contribution is -0.145. The fourth-order valence-corrected chi connectivity index (χ4v) is 6.33. The number of benzene rings is 4. The second-order valence-electron chi connectivity index (χ2n) is 10.0. The van der Waals surface area contributed by atoms with Crippen molar-refractivity contribution in [2.24, 2.45) is 0 Å². The molecule has 4 aromatic carbocycles. The van der Waals surface area contributed by atoms with Crippen molar-refractivity contribution in [1.29, 1.82) is 0 Å². The number of hydrogen-bond acceptors (Lipinski definition) is 5. The van der Waals surface area contributed by atoms with Gasteiger partial charge in [-0.25, -0.2) is 4.79 Å². The molecule has 1 aliphatic heterocycles. The first-order valence-corrected chi connectivity index (χ1v) is 14.4. The standard InChI is InChI=1S/C33H26N2O4S2/c1-20-6-8-21(9-7-20)19-39-26-13-12-23-14-22(10-11-24(23)16-26)15-30-31(36)35(33(40)41-30)29(32(37)38)17-25-18-34-28-5-3-2-4-27(25)28/h2-16,18,29,34H,17,19H2,1H3,(H,37,38)/b30-15-. The number of carboxylic acids is 1. The number of H-pyrrole nitrogens is 1. The largest absolute Gasteiger partial charge is 0.489 e. The molecule has 6 rings (SSSR count). The van der Waals surface area contributed by atoms with E-state index in [0.717, 1.165) is 55.9 Å². The number of amides is 1. The Balaban J connectivity index is 1.19. The molecule has 1 aliphatic rings. The zero-order valence-electron chi connectivity index (χ0n) is 22.2. The zero-order valence-corrected chi connectivity index (χ0v) is 23.8. The number of carbonyl (C=O) groups is 2. The van der Waals surface area contributed by atoms with Gasteiger partial charge in [0.2, 0.25) is 0 Å². The normalized spacial score (nSPS) is 15.2. The molecule has 1 atom stereocenters. The van der Waals surface area contributed by atoms with Crippen molar-refractivity contribution in [3.05, 3.63) is 118 Å². The van der Waals surface area contributed by atoms with E-state index in [2.05, 4.69) is 36.2 Å². The van der Waals surface area contributed by atoms with Gasteiger partial charge in [-0.15, -0.1) is 0 Å². The van der Waals surface area contributed by atoms with Crippen LogP contribution in [0.2, 0.25) is 0 Å². The number of aromatic amines is 1. The van der Waals surface area contributed by atoms with Gasteiger partial charge in [0.1, 0.15) is 22.7 Å². The number of fused-ring (bicyclic) bond motifs is 2. The number of thiocarbonyl (C=S) groups is 1. The fourth-order valence-electron chi connectivity index (χ4n) is 4.97. The second kappa shape index (κ2) is 11.2. The second-order valence-corrected chi connectivity index (χ2v) is 11.7. The van der Waals surface area contributed by atoms with Crippen molar-refractivity contribution in [1.82, 2.24) is 9.88 Å². The summed E-state index contributed by atoms with van der Waals surface area (Å²) in [6.07, 6.45) is 3.71. The number of rotatable bonds is 8. The van der Waals surface area contributed by atoms with Crippen molar-refractivity contribution in [2.45, 2.75) is 26.0 Å². The van der Waals surface area contributed by atoms with Crippen LogP contribution in [0.5, 0.6) is 5.75 Å². The highest BCUT2D eigenvalue weighted by Crippen LogP contribution is 2.36. The summed E-state index contributed by atoms with van der Waals surface area (Å²) in [5, 5.41) is 13.0. The molecule has 41 heavy (non-hydrogen) atoms. The van der Waals surface area contributed by atoms with Gasteiger partial charge < -0.3 is 14.8 Å². The Bertz CT molecular complexity index is 1840. The van der Waals surface area contributed by atoms with Gasteiger partial charge in [0.05, 0.1) is 4.91 Å². The van der Waals surface area contributed by atoms with Gasteiger partial charge in [-0.2, -0.15) is 0 Å². The summed E-state index contributed by atoms with van der Waals surface area (Å²) < 4.78 is 6.23. The molecule has 2 N–H and O–H groups in total. The third-order valence-electron chi connectivity index (χ3n) is 7.17. The van der Waals surface area contributed by atoms with E-state index in [1.165, 1.54) is 10.5 Å². The van der Waals surface area contributed by atoms with Crippen LogP contribution in [0, 0.1) is 6.92 Å². The number of nitrogens with zero attached hydrogens (tertiary/aromatic N) is 1. The van der Waals surface area contributed by atoms with Crippen LogP contribution in [0.15, 0.2) is 96.0 Å². The molecule has 0 saturated carbocycles. The van der Waals surface area contributed by atoms with Crippen LogP contribution in [0.25, 0.3) is 27.8 Å². The number of carbonyl (C=O) groups excluding carboxylic acids is 1. The molecule has 0 spiro atoms. The first-order valence-electron chi connectivity index (χ1n) is 13.1. The van der Waals surface area contributed by atoms with Gasteiger partial charge in [0, 0.05) is 23.5 Å². The SMILES string of the molecule is Cc1ccc(COc2ccc3cc(/C=C4\SC(=S)N(C(Cc5c[nH]c6ccccc56)C(=O)O)C4=O)ccc3c2)cc1. The highest BCUT2D eigenvalue weighted by atomic mass is 32.2. The van der Waals surface area contributed by atoms with Gasteiger partial charge >= 0.3 is 5.97 Å². The maximum Gasteiger partial charge on any atom is 0.327 e. The number of hydrogen-bond donors (Lipinski definition) is 2. The molecule has 6 nitrogen and oxygen atoms in total. The minimum atomic E-state index is -1.11. The lowest BCUT2D eigenvalue weighted by atomic mass is 10.0. The predicted octanol–water partition coefficient (Wildman–Crippen LogP) is 7.11. The lowest BCUT2D eigenvalue weighted by Crippen LogP contribution is -2.45. The molecule has 0 bridgehead atoms. The molecule has 1 saturated heterocycles. The lowest BCUT2D eigenvalue weighted by Gasteiger charge is -2.23. The van der Waals surface area contributed by atoms with Crippen molar-refractivity contribution < 1.29 is 19.4 Å². The summed E-state index contributed by atoms with van der Waals surface area (Å²) in [5.41, 5.74) is 4.88. The van der Waals surface area contributed by atoms with Crippen molar-refractivity contribution in [3.63, 3.8) is 0 Å². The van der Waals surface area contributed by atoms with Crippen LogP contribution in [0.3, 0.4) is 0 Å². The van der Waals surface area contributed by atoms with Crippen LogP contribution >= 0.6 is 24.0 Å². The van der Waals surface area contributed by atoms with Gasteiger partial charge in [0.25, 0.3) is 5.91 Å². The number of carboxylic acid groups (broad SMARTS) is 1. The predicted molar refractivity (Wildman–Crippen MR) is 168 cm³/mol. The van der Waals surface area contributed by atoms with Gasteiger partial charge in [-0.05, 0) is 64.7 Å². The smallest absolute Gasteiger partial charge is 0.327 e. The fraction of sp³-hybridized carbons (Fsp3) is 0.121. The molecule has 8 heteroatoms. The quantitative estimate of drug-likeness (QED) is 0.151. The molecule has 1 aromatic heterocycles. The Labute approximate surface area is 246 Å². The van der Waals surface area contributed by atoms with Crippen LogP contribution in [-0.4, -0.2) is 37.2 Å². The number of aryl methyl sites for hydroxylation is 1. The van der Waals surface area contributed by atoms with E-state index in [4.69, 9.17) is 17.0 Å². The van der Waals surface area contributed by atoms with Crippen LogP contribution in [-0.2, 0) is 22.6 Å². The topological polar surface area (TPSA) is 82.6 Å². The van der Waals surface area contributed by atoms with E-state index in [1.54, 1.807) is 12.3 Å². The van der Waals surface area contributed by atoms with Crippen molar-refractivity contribution in [3.8, 4) is 5.75 Å². The number of aromatic nitrogens is 1. The van der Waals surface area contributed by atoms with Crippen LogP contribution in [0.4, 0.5) is 0 Å². The van der Waals surface area contributed by atoms with Crippen molar-refractivity contribution >= 4 is 67.9 Å². The Hall–Kier alpha value is -4.40. The molecule has 0 radical (unpaired) electrons. The minimum Gasteiger partial charge on any atom is -0.489 e. The molecule has 0 aliphatic carbocycles. The average molecular weight is 579 g/mol. The zero-order chi connectivity index (χ0) is 28.5. The van der Waals surface area contributed by atoms with Gasteiger partial charge in [0.15, 0.2) is 0 Å². The Morgan fingerprint density at radius 3 is 2.61 bits per heavy atom. The van der Waals surface area contributed by atoms with Crippen molar-refractivity contribution in [2.75, 3.05) is 0 Å². The average Bonchev–Trinajstić information content (AvgIpc) is 3.50. The first kappa shape index (κ1) is 26.8. The summed E-state index contributed by atoms with van der Waals surface area (Å²) in [7, 11) is 0. The maximum absolute atomic E-state index is 13.4. The summed E-state index contributed by atoms with van der Waals surface area (Å²) in [4.78, 5) is 30.6. The minimum absolute atomic E-state index is 0.142. The van der Waals surface area contributed by atoms with E-state index in [0.29, 0.717) is 11.5 Å². The summed E-state index contributed by atoms with van der Waals surface area (Å²) >= 11 is 6.63. The third kappa shape index (κ3) is 5.62. The first-order chi connectivity index (χ1) is 19.9. The van der Waals surface area contributed by atoms with E-state index in [9.17, 15) is 14.7 Å². The Morgan fingerprint density at radius 1 is 1.05 bits per heavy atom. The molecule has 1 amide bonds. The molecular weight excluding hydrogens is 553 g/mol. The summed E-state index contributed by atoms with van der Waals surface area (Å²) in [6, 6.07) is 26.7. The maximum atomic E-state index is 13.4. The van der Waals surface area contributed by atoms with E-state index >= 15 is 0 Å². The number of para-hydroxylation sites is 1. The van der Waals surface area contributed by atoms with Gasteiger partial charge in [-0.1, -0.05) is 90.2 Å². The Kier molecular flexibility index (Phi) is 7.34. The van der Waals surface area contributed by atoms with Crippen LogP contribution < -0.4 is 4.74 Å². The Morgan fingerprint density at radius 2 is 1.80 bits per heavy atom. The van der Waals surface area contributed by atoms with E-state index in [1.807, 2.05) is 60.7 Å². The van der Waals surface area contributed by atoms with Gasteiger partial charge in [-0.3, -0.25) is 9.69 Å². The highest BCUT2D eigenvalue weighted by molar-refractivity contribution is 8.26. The van der Waals surface area contributed by atoms with Crippen LogP contribution in [0.1, 0.15) is 22.3 Å².